The molecule has 41 heavy (non-hydrogen) atoms. The third-order valence-electron chi connectivity index (χ3n) is 8.08. The fourth-order valence-corrected chi connectivity index (χ4v) is 7.15. The van der Waals surface area contributed by atoms with Crippen LogP contribution in [0.2, 0.25) is 0 Å². The number of rotatable bonds is 7. The second-order valence-electron chi connectivity index (χ2n) is 10.5. The number of aromatic nitrogens is 4. The van der Waals surface area contributed by atoms with Crippen molar-refractivity contribution in [3.05, 3.63) is 81.1 Å². The molecule has 0 aliphatic carbocycles. The highest BCUT2D eigenvalue weighted by Gasteiger charge is 2.40. The van der Waals surface area contributed by atoms with Crippen molar-refractivity contribution in [2.24, 2.45) is 5.92 Å². The Kier molecular flexibility index (Phi) is 7.54. The molecule has 2 atom stereocenters. The minimum atomic E-state index is -0.404. The van der Waals surface area contributed by atoms with E-state index in [4.69, 9.17) is 14.5 Å². The minimum absolute atomic E-state index is 0. The maximum atomic E-state index is 13.3. The fraction of sp³-hybridized carbons (Fsp3) is 0.333. The van der Waals surface area contributed by atoms with Crippen LogP contribution in [0.25, 0.3) is 31.8 Å². The summed E-state index contributed by atoms with van der Waals surface area (Å²) in [6, 6.07) is 15.8. The highest BCUT2D eigenvalue weighted by atomic mass is 35.5. The number of unbranched alkanes of at least 4 members (excludes halogenated alkanes) is 1. The van der Waals surface area contributed by atoms with Crippen molar-refractivity contribution in [1.82, 2.24) is 24.4 Å². The number of H-pyrrole nitrogens is 1. The van der Waals surface area contributed by atoms with Gasteiger partial charge in [0.15, 0.2) is 0 Å². The maximum Gasteiger partial charge on any atom is 0.328 e. The van der Waals surface area contributed by atoms with E-state index in [1.165, 1.54) is 21.5 Å². The first-order valence-corrected chi connectivity index (χ1v) is 14.4. The average Bonchev–Trinajstić information content (AvgIpc) is 3.57. The lowest BCUT2D eigenvalue weighted by Crippen LogP contribution is -2.34. The third kappa shape index (κ3) is 4.90. The van der Waals surface area contributed by atoms with E-state index in [-0.39, 0.29) is 18.0 Å². The molecule has 0 bridgehead atoms. The van der Waals surface area contributed by atoms with Crippen LogP contribution in [0.15, 0.2) is 64.3 Å². The summed E-state index contributed by atoms with van der Waals surface area (Å²) in [5.41, 5.74) is 3.20. The number of hydrogen-bond donors (Lipinski definition) is 1. The van der Waals surface area contributed by atoms with E-state index < -0.39 is 5.69 Å². The van der Waals surface area contributed by atoms with Crippen molar-refractivity contribution in [2.75, 3.05) is 33.4 Å². The lowest BCUT2D eigenvalue weighted by molar-refractivity contribution is 0.209. The fourth-order valence-electron chi connectivity index (χ4n) is 6.11. The van der Waals surface area contributed by atoms with Gasteiger partial charge in [0, 0.05) is 42.6 Å². The smallest absolute Gasteiger partial charge is 0.328 e. The number of hydrogen-bond acceptors (Lipinski definition) is 8. The van der Waals surface area contributed by atoms with Gasteiger partial charge in [-0.1, -0.05) is 36.4 Å². The van der Waals surface area contributed by atoms with E-state index in [1.54, 1.807) is 13.3 Å². The van der Waals surface area contributed by atoms with Gasteiger partial charge in [-0.3, -0.25) is 9.36 Å². The zero-order chi connectivity index (χ0) is 27.2. The van der Waals surface area contributed by atoms with E-state index in [0.29, 0.717) is 38.9 Å². The number of nitrogens with zero attached hydrogens (tertiary/aromatic N) is 4. The van der Waals surface area contributed by atoms with Crippen molar-refractivity contribution in [2.45, 2.75) is 25.3 Å². The van der Waals surface area contributed by atoms with Crippen LogP contribution in [0.1, 0.15) is 24.3 Å². The molecule has 11 heteroatoms. The Labute approximate surface area is 246 Å². The number of nitrogens with one attached hydrogen (secondary N) is 1. The SMILES string of the molecule is COc1cccc2c1[C@@H]1CN(CCCCn3c(=O)[nH]c4c(sc5nc(-c6ccccc6)cnc54)c3=O)C[C@@H]1CO2.Cl. The van der Waals surface area contributed by atoms with Crippen LogP contribution in [0.4, 0.5) is 0 Å². The quantitative estimate of drug-likeness (QED) is 0.274. The van der Waals surface area contributed by atoms with Gasteiger partial charge in [-0.2, -0.15) is 0 Å². The Balaban J connectivity index is 0.00000302. The number of benzene rings is 2. The van der Waals surface area contributed by atoms with Gasteiger partial charge in [0.25, 0.3) is 5.56 Å². The van der Waals surface area contributed by atoms with Gasteiger partial charge >= 0.3 is 5.69 Å². The maximum absolute atomic E-state index is 13.3. The molecule has 1 N–H and O–H groups in total. The van der Waals surface area contributed by atoms with E-state index in [1.807, 2.05) is 48.5 Å². The Bertz CT molecular complexity index is 1820. The number of halogens is 1. The largest absolute Gasteiger partial charge is 0.496 e. The van der Waals surface area contributed by atoms with Crippen LogP contribution < -0.4 is 20.7 Å². The molecular weight excluding hydrogens is 562 g/mol. The molecule has 5 heterocycles. The van der Waals surface area contributed by atoms with Crippen molar-refractivity contribution in [3.63, 3.8) is 0 Å². The van der Waals surface area contributed by atoms with Crippen LogP contribution in [0, 0.1) is 5.92 Å². The number of thiophene rings is 1. The molecule has 2 aliphatic heterocycles. The van der Waals surface area contributed by atoms with Gasteiger partial charge in [-0.05, 0) is 31.5 Å². The molecule has 0 saturated carbocycles. The molecule has 0 amide bonds. The average molecular weight is 592 g/mol. The summed E-state index contributed by atoms with van der Waals surface area (Å²) in [4.78, 5) is 41.5. The second-order valence-corrected chi connectivity index (χ2v) is 11.5. The summed E-state index contributed by atoms with van der Waals surface area (Å²) < 4.78 is 13.5. The Hall–Kier alpha value is -3.73. The molecule has 0 spiro atoms. The molecular formula is C30H30ClN5O4S. The highest BCUT2D eigenvalue weighted by Crippen LogP contribution is 2.46. The normalized spacial score (nSPS) is 18.1. The monoisotopic (exact) mass is 591 g/mol. The molecule has 1 fully saturated rings. The van der Waals surface area contributed by atoms with E-state index in [0.717, 1.165) is 61.8 Å². The minimum Gasteiger partial charge on any atom is -0.496 e. The summed E-state index contributed by atoms with van der Waals surface area (Å²) >= 11 is 1.28. The molecule has 0 radical (unpaired) electrons. The topological polar surface area (TPSA) is 102 Å². The van der Waals surface area contributed by atoms with E-state index in [9.17, 15) is 9.59 Å². The molecule has 1 saturated heterocycles. The lowest BCUT2D eigenvalue weighted by atomic mass is 9.86. The van der Waals surface area contributed by atoms with Crippen molar-refractivity contribution in [1.29, 1.82) is 0 Å². The Morgan fingerprint density at radius 1 is 1.07 bits per heavy atom. The second kappa shape index (κ2) is 11.3. The van der Waals surface area contributed by atoms with Crippen molar-refractivity contribution in [3.8, 4) is 22.8 Å². The van der Waals surface area contributed by atoms with Crippen LogP contribution in [-0.4, -0.2) is 57.8 Å². The molecule has 3 aromatic heterocycles. The van der Waals surface area contributed by atoms with Crippen molar-refractivity contribution < 1.29 is 9.47 Å². The summed E-state index contributed by atoms with van der Waals surface area (Å²) in [6.45, 7) is 3.93. The summed E-state index contributed by atoms with van der Waals surface area (Å²) in [5.74, 6) is 2.66. The van der Waals surface area contributed by atoms with E-state index in [2.05, 4.69) is 14.9 Å². The highest BCUT2D eigenvalue weighted by molar-refractivity contribution is 7.25. The van der Waals surface area contributed by atoms with Crippen LogP contribution >= 0.6 is 23.7 Å². The van der Waals surface area contributed by atoms with Gasteiger partial charge in [0.1, 0.15) is 26.5 Å². The molecule has 7 rings (SSSR count). The summed E-state index contributed by atoms with van der Waals surface area (Å²) in [6.07, 6.45) is 3.30. The van der Waals surface area contributed by atoms with Crippen molar-refractivity contribution >= 4 is 44.3 Å². The van der Waals surface area contributed by atoms with Crippen LogP contribution in [0.3, 0.4) is 0 Å². The molecule has 212 valence electrons. The molecule has 2 aromatic carbocycles. The van der Waals surface area contributed by atoms with Gasteiger partial charge in [0.05, 0.1) is 31.1 Å². The zero-order valence-corrected chi connectivity index (χ0v) is 24.2. The molecule has 2 aliphatic rings. The predicted molar refractivity (Wildman–Crippen MR) is 163 cm³/mol. The Morgan fingerprint density at radius 2 is 1.90 bits per heavy atom. The molecule has 5 aromatic rings. The van der Waals surface area contributed by atoms with Gasteiger partial charge in [-0.25, -0.2) is 14.8 Å². The zero-order valence-electron chi connectivity index (χ0n) is 22.5. The van der Waals surface area contributed by atoms with Gasteiger partial charge in [0.2, 0.25) is 0 Å². The number of aromatic amines is 1. The number of methoxy groups -OCH3 is 1. The predicted octanol–water partition coefficient (Wildman–Crippen LogP) is 4.68. The van der Waals surface area contributed by atoms with Gasteiger partial charge < -0.3 is 19.4 Å². The van der Waals surface area contributed by atoms with E-state index >= 15 is 0 Å². The molecule has 0 unspecified atom stereocenters. The summed E-state index contributed by atoms with van der Waals surface area (Å²) in [7, 11) is 1.71. The number of ether oxygens (including phenoxy) is 2. The number of likely N-dealkylation sites (tertiary alicyclic amines) is 1. The first-order valence-electron chi connectivity index (χ1n) is 13.6. The standard InChI is InChI=1S/C30H29N5O4S.ClH/c1-38-22-10-7-11-23-24(22)20-16-34(15-19(20)17-39-23)12-5-6-13-35-29(36)27-25(33-30(35)37)26-28(40-27)32-21(14-31-26)18-8-3-2-4-9-18;/h2-4,7-11,14,19-20H,5-6,12-13,15-17H2,1H3,(H,33,37);1H/t19-,20-;/m1./s1. The van der Waals surface area contributed by atoms with Crippen LogP contribution in [-0.2, 0) is 6.54 Å². The number of fused-ring (bicyclic) bond motifs is 6. The first-order chi connectivity index (χ1) is 19.6. The lowest BCUT2D eigenvalue weighted by Gasteiger charge is -2.29. The first kappa shape index (κ1) is 27.4. The molecule has 9 nitrogen and oxygen atoms in total. The third-order valence-corrected chi connectivity index (χ3v) is 9.14. The van der Waals surface area contributed by atoms with Crippen LogP contribution in [0.5, 0.6) is 11.5 Å². The van der Waals surface area contributed by atoms with Gasteiger partial charge in [-0.15, -0.1) is 23.7 Å². The Morgan fingerprint density at radius 3 is 2.73 bits per heavy atom. The summed E-state index contributed by atoms with van der Waals surface area (Å²) in [5, 5.41) is 0.